The Balaban J connectivity index is 2.58. The molecule has 2 heteroatoms. The van der Waals surface area contributed by atoms with Crippen molar-refractivity contribution < 1.29 is 0 Å². The summed E-state index contributed by atoms with van der Waals surface area (Å²) in [6, 6.07) is 6.72. The molecule has 2 aromatic rings. The Bertz CT molecular complexity index is 538. The lowest BCUT2D eigenvalue weighted by Crippen LogP contribution is -1.92. The van der Waals surface area contributed by atoms with E-state index in [-0.39, 0.29) is 0 Å². The van der Waals surface area contributed by atoms with Crippen LogP contribution in [0.15, 0.2) is 18.2 Å². The van der Waals surface area contributed by atoms with Crippen molar-refractivity contribution in [2.75, 3.05) is 0 Å². The zero-order valence-electron chi connectivity index (χ0n) is 11.2. The van der Waals surface area contributed by atoms with Gasteiger partial charge in [0, 0.05) is 10.4 Å². The fourth-order valence-electron chi connectivity index (χ4n) is 2.03. The van der Waals surface area contributed by atoms with Gasteiger partial charge in [0.25, 0.3) is 0 Å². The van der Waals surface area contributed by atoms with Crippen LogP contribution in [0.2, 0.25) is 0 Å². The third kappa shape index (κ3) is 2.42. The lowest BCUT2D eigenvalue weighted by Gasteiger charge is -2.10. The van der Waals surface area contributed by atoms with Crippen molar-refractivity contribution in [2.24, 2.45) is 0 Å². The summed E-state index contributed by atoms with van der Waals surface area (Å²) in [6.45, 7) is 10.8. The van der Waals surface area contributed by atoms with Crippen LogP contribution in [-0.2, 0) is 0 Å². The molecule has 0 amide bonds. The first-order valence-corrected chi connectivity index (χ1v) is 6.85. The maximum absolute atomic E-state index is 4.66. The topological polar surface area (TPSA) is 12.9 Å². The molecule has 1 aromatic carbocycles. The highest BCUT2D eigenvalue weighted by molar-refractivity contribution is 7.11. The zero-order valence-corrected chi connectivity index (χ0v) is 12.0. The monoisotopic (exact) mass is 245 g/mol. The summed E-state index contributed by atoms with van der Waals surface area (Å²) in [6.07, 6.45) is 0. The van der Waals surface area contributed by atoms with Gasteiger partial charge in [-0.1, -0.05) is 26.0 Å². The van der Waals surface area contributed by atoms with Crippen molar-refractivity contribution in [3.8, 4) is 11.3 Å². The predicted octanol–water partition coefficient (Wildman–Crippen LogP) is 4.86. The molecule has 0 bridgehead atoms. The number of thiazole rings is 1. The van der Waals surface area contributed by atoms with E-state index in [2.05, 4.69) is 57.8 Å². The van der Waals surface area contributed by atoms with Crippen LogP contribution in [0.25, 0.3) is 11.3 Å². The minimum atomic E-state index is 0.564. The van der Waals surface area contributed by atoms with Gasteiger partial charge >= 0.3 is 0 Å². The summed E-state index contributed by atoms with van der Waals surface area (Å²) in [5.41, 5.74) is 5.14. The van der Waals surface area contributed by atoms with E-state index in [4.69, 9.17) is 0 Å². The summed E-state index contributed by atoms with van der Waals surface area (Å²) < 4.78 is 0. The fourth-order valence-corrected chi connectivity index (χ4v) is 2.86. The van der Waals surface area contributed by atoms with Crippen molar-refractivity contribution in [3.63, 3.8) is 0 Å². The molecule has 0 saturated carbocycles. The van der Waals surface area contributed by atoms with E-state index < -0.39 is 0 Å². The van der Waals surface area contributed by atoms with Gasteiger partial charge in [0.1, 0.15) is 0 Å². The normalized spacial score (nSPS) is 11.2. The average molecular weight is 245 g/mol. The van der Waals surface area contributed by atoms with Crippen LogP contribution in [0.3, 0.4) is 0 Å². The SMILES string of the molecule is Cc1nc(-c2cc(C(C)C)ccc2C)c(C)s1. The molecule has 0 aliphatic rings. The number of benzene rings is 1. The minimum absolute atomic E-state index is 0.564. The van der Waals surface area contributed by atoms with Crippen LogP contribution < -0.4 is 0 Å². The summed E-state index contributed by atoms with van der Waals surface area (Å²) in [7, 11) is 0. The van der Waals surface area contributed by atoms with E-state index >= 15 is 0 Å². The first kappa shape index (κ1) is 12.3. The Morgan fingerprint density at radius 1 is 1.12 bits per heavy atom. The molecule has 0 radical (unpaired) electrons. The molecule has 1 heterocycles. The van der Waals surface area contributed by atoms with Crippen LogP contribution >= 0.6 is 11.3 Å². The molecule has 0 aliphatic carbocycles. The third-order valence-electron chi connectivity index (χ3n) is 3.09. The number of rotatable bonds is 2. The molecule has 0 saturated heterocycles. The van der Waals surface area contributed by atoms with E-state index in [1.54, 1.807) is 11.3 Å². The van der Waals surface area contributed by atoms with Gasteiger partial charge < -0.3 is 0 Å². The summed E-state index contributed by atoms with van der Waals surface area (Å²) >= 11 is 1.78. The van der Waals surface area contributed by atoms with Gasteiger partial charge in [-0.25, -0.2) is 4.98 Å². The zero-order chi connectivity index (χ0) is 12.6. The van der Waals surface area contributed by atoms with Crippen molar-refractivity contribution >= 4 is 11.3 Å². The Morgan fingerprint density at radius 2 is 1.82 bits per heavy atom. The van der Waals surface area contributed by atoms with Crippen LogP contribution in [0.5, 0.6) is 0 Å². The fraction of sp³-hybridized carbons (Fsp3) is 0.400. The molecule has 17 heavy (non-hydrogen) atoms. The van der Waals surface area contributed by atoms with E-state index in [9.17, 15) is 0 Å². The molecule has 0 spiro atoms. The Labute approximate surface area is 108 Å². The van der Waals surface area contributed by atoms with Crippen LogP contribution in [0.1, 0.15) is 40.8 Å². The number of nitrogens with zero attached hydrogens (tertiary/aromatic N) is 1. The van der Waals surface area contributed by atoms with Crippen molar-refractivity contribution in [3.05, 3.63) is 39.2 Å². The van der Waals surface area contributed by atoms with Crippen LogP contribution in [-0.4, -0.2) is 4.98 Å². The number of hydrogen-bond donors (Lipinski definition) is 0. The quantitative estimate of drug-likeness (QED) is 0.736. The molecule has 90 valence electrons. The second-order valence-corrected chi connectivity index (χ2v) is 6.27. The Kier molecular flexibility index (Phi) is 3.34. The third-order valence-corrected chi connectivity index (χ3v) is 3.97. The first-order chi connectivity index (χ1) is 7.99. The van der Waals surface area contributed by atoms with E-state index in [0.29, 0.717) is 5.92 Å². The van der Waals surface area contributed by atoms with Gasteiger partial charge in [-0.15, -0.1) is 11.3 Å². The maximum Gasteiger partial charge on any atom is 0.0904 e. The van der Waals surface area contributed by atoms with Gasteiger partial charge in [-0.3, -0.25) is 0 Å². The van der Waals surface area contributed by atoms with Crippen LogP contribution in [0, 0.1) is 20.8 Å². The largest absolute Gasteiger partial charge is 0.241 e. The van der Waals surface area contributed by atoms with Gasteiger partial charge in [0.05, 0.1) is 10.7 Å². The number of hydrogen-bond acceptors (Lipinski definition) is 2. The highest BCUT2D eigenvalue weighted by Gasteiger charge is 2.11. The molecule has 2 rings (SSSR count). The van der Waals surface area contributed by atoms with Gasteiger partial charge in [0.15, 0.2) is 0 Å². The highest BCUT2D eigenvalue weighted by atomic mass is 32.1. The average Bonchev–Trinajstić information content (AvgIpc) is 2.58. The minimum Gasteiger partial charge on any atom is -0.241 e. The van der Waals surface area contributed by atoms with Crippen molar-refractivity contribution in [1.29, 1.82) is 0 Å². The number of aromatic nitrogens is 1. The molecule has 0 atom stereocenters. The first-order valence-electron chi connectivity index (χ1n) is 6.04. The second kappa shape index (κ2) is 4.61. The van der Waals surface area contributed by atoms with Gasteiger partial charge in [-0.05, 0) is 43.9 Å². The highest BCUT2D eigenvalue weighted by Crippen LogP contribution is 2.31. The Morgan fingerprint density at radius 3 is 2.35 bits per heavy atom. The van der Waals surface area contributed by atoms with E-state index in [1.165, 1.54) is 21.6 Å². The summed E-state index contributed by atoms with van der Waals surface area (Å²) in [5.74, 6) is 0.564. The maximum atomic E-state index is 4.66. The van der Waals surface area contributed by atoms with Gasteiger partial charge in [-0.2, -0.15) is 0 Å². The molecule has 1 aromatic heterocycles. The van der Waals surface area contributed by atoms with E-state index in [1.807, 2.05) is 0 Å². The Hall–Kier alpha value is -1.15. The number of aryl methyl sites for hydroxylation is 3. The molecule has 0 aliphatic heterocycles. The second-order valence-electron chi connectivity index (χ2n) is 4.87. The molecule has 0 fully saturated rings. The smallest absolute Gasteiger partial charge is 0.0904 e. The van der Waals surface area contributed by atoms with Crippen molar-refractivity contribution in [2.45, 2.75) is 40.5 Å². The lowest BCUT2D eigenvalue weighted by molar-refractivity contribution is 0.866. The standard InChI is InChI=1S/C15H19NS/c1-9(2)13-7-6-10(3)14(8-13)15-11(4)17-12(5)16-15/h6-9H,1-5H3. The summed E-state index contributed by atoms with van der Waals surface area (Å²) in [4.78, 5) is 5.97. The molecular weight excluding hydrogens is 226 g/mol. The molecule has 1 nitrogen and oxygen atoms in total. The predicted molar refractivity (Wildman–Crippen MR) is 75.9 cm³/mol. The van der Waals surface area contributed by atoms with Crippen molar-refractivity contribution in [1.82, 2.24) is 4.98 Å². The van der Waals surface area contributed by atoms with Crippen LogP contribution in [0.4, 0.5) is 0 Å². The molecular formula is C15H19NS. The van der Waals surface area contributed by atoms with E-state index in [0.717, 1.165) is 10.7 Å². The summed E-state index contributed by atoms with van der Waals surface area (Å²) in [5, 5.41) is 1.15. The lowest BCUT2D eigenvalue weighted by atomic mass is 9.96. The van der Waals surface area contributed by atoms with Gasteiger partial charge in [0.2, 0.25) is 0 Å². The molecule has 0 N–H and O–H groups in total. The molecule has 0 unspecified atom stereocenters.